The fourth-order valence-electron chi connectivity index (χ4n) is 4.25. The Labute approximate surface area is 197 Å². The van der Waals surface area contributed by atoms with E-state index in [9.17, 15) is 9.59 Å². The molecule has 7 N–H and O–H groups in total. The van der Waals surface area contributed by atoms with Crippen LogP contribution in [0, 0.1) is 6.92 Å². The van der Waals surface area contributed by atoms with E-state index in [4.69, 9.17) is 16.6 Å². The second-order valence-electron chi connectivity index (χ2n) is 8.52. The van der Waals surface area contributed by atoms with Gasteiger partial charge in [0.2, 0.25) is 0 Å². The minimum absolute atomic E-state index is 0.0717. The summed E-state index contributed by atoms with van der Waals surface area (Å²) in [6.07, 6.45) is 5.81. The van der Waals surface area contributed by atoms with E-state index >= 15 is 0 Å². The summed E-state index contributed by atoms with van der Waals surface area (Å²) >= 11 is 0. The number of carbonyl (C=O) groups excluding carboxylic acids is 1. The van der Waals surface area contributed by atoms with Gasteiger partial charge in [-0.05, 0) is 55.7 Å². The summed E-state index contributed by atoms with van der Waals surface area (Å²) in [5, 5.41) is 15.7. The van der Waals surface area contributed by atoms with Crippen LogP contribution in [0.15, 0.2) is 48.7 Å². The Morgan fingerprint density at radius 3 is 2.47 bits per heavy atom. The highest BCUT2D eigenvalue weighted by Gasteiger charge is 2.22. The number of aromatic nitrogens is 2. The highest BCUT2D eigenvalue weighted by molar-refractivity contribution is 5.97. The van der Waals surface area contributed by atoms with Crippen LogP contribution >= 0.6 is 0 Å². The molecule has 176 valence electrons. The molecule has 2 heterocycles. The van der Waals surface area contributed by atoms with E-state index in [0.29, 0.717) is 11.5 Å². The molecule has 2 atom stereocenters. The molecule has 0 spiro atoms. The molecule has 0 aliphatic heterocycles. The molecular formula is C25H28N6O3. The standard InChI is InChI=1S/C25H28N6O3/c1-14-18(15-6-8-16(9-7-15)25(33)34)10-11-22(29-14)31-21-12-17(13-28-23(21)24(27)32)30-20-5-3-2-4-19(20)26/h6-13,19-20,30H,2-5,26H2,1H3,(H2,27,32)(H,29,31)(H,33,34)/t19-,20+/m0/s1. The number of aryl methyl sites for hydroxylation is 1. The van der Waals surface area contributed by atoms with Crippen molar-refractivity contribution < 1.29 is 14.7 Å². The Bertz CT molecular complexity index is 1210. The second kappa shape index (κ2) is 9.88. The van der Waals surface area contributed by atoms with Crippen molar-refractivity contribution in [1.82, 2.24) is 9.97 Å². The van der Waals surface area contributed by atoms with Crippen molar-refractivity contribution in [3.05, 3.63) is 65.6 Å². The zero-order valence-corrected chi connectivity index (χ0v) is 18.9. The molecule has 2 aromatic heterocycles. The van der Waals surface area contributed by atoms with E-state index < -0.39 is 11.9 Å². The number of benzene rings is 1. The first-order chi connectivity index (χ1) is 16.3. The van der Waals surface area contributed by atoms with Gasteiger partial charge in [-0.1, -0.05) is 25.0 Å². The minimum Gasteiger partial charge on any atom is -0.478 e. The Morgan fingerprint density at radius 1 is 1.09 bits per heavy atom. The molecule has 0 bridgehead atoms. The third kappa shape index (κ3) is 5.15. The third-order valence-corrected chi connectivity index (χ3v) is 6.08. The lowest BCUT2D eigenvalue weighted by Crippen LogP contribution is -2.42. The molecule has 3 aromatic rings. The summed E-state index contributed by atoms with van der Waals surface area (Å²) in [6, 6.07) is 12.3. The van der Waals surface area contributed by atoms with Crippen LogP contribution in [0.1, 0.15) is 52.2 Å². The normalized spacial score (nSPS) is 17.7. The molecule has 1 amide bonds. The minimum atomic E-state index is -0.970. The van der Waals surface area contributed by atoms with Crippen molar-refractivity contribution in [3.8, 4) is 11.1 Å². The molecular weight excluding hydrogens is 432 g/mol. The van der Waals surface area contributed by atoms with E-state index in [1.807, 2.05) is 13.0 Å². The maximum atomic E-state index is 12.0. The molecule has 1 fully saturated rings. The average molecular weight is 461 g/mol. The molecule has 0 saturated heterocycles. The smallest absolute Gasteiger partial charge is 0.335 e. The van der Waals surface area contributed by atoms with E-state index in [1.54, 1.807) is 42.6 Å². The number of amides is 1. The van der Waals surface area contributed by atoms with Crippen LogP contribution in [0.2, 0.25) is 0 Å². The van der Waals surface area contributed by atoms with Crippen molar-refractivity contribution in [2.24, 2.45) is 11.5 Å². The number of carboxylic acid groups (broad SMARTS) is 1. The lowest BCUT2D eigenvalue weighted by atomic mass is 9.91. The van der Waals surface area contributed by atoms with Gasteiger partial charge >= 0.3 is 5.97 Å². The fourth-order valence-corrected chi connectivity index (χ4v) is 4.25. The molecule has 9 heteroatoms. The first kappa shape index (κ1) is 23.2. The number of primary amides is 1. The quantitative estimate of drug-likeness (QED) is 0.357. The molecule has 34 heavy (non-hydrogen) atoms. The number of anilines is 3. The number of rotatable bonds is 7. The average Bonchev–Trinajstić information content (AvgIpc) is 2.81. The highest BCUT2D eigenvalue weighted by atomic mass is 16.4. The van der Waals surface area contributed by atoms with Crippen LogP contribution in [0.4, 0.5) is 17.2 Å². The van der Waals surface area contributed by atoms with Gasteiger partial charge in [0.05, 0.1) is 23.1 Å². The number of aromatic carboxylic acids is 1. The van der Waals surface area contributed by atoms with Crippen molar-refractivity contribution in [2.45, 2.75) is 44.7 Å². The summed E-state index contributed by atoms with van der Waals surface area (Å²) in [5.41, 5.74) is 15.8. The van der Waals surface area contributed by atoms with Crippen LogP contribution in [0.5, 0.6) is 0 Å². The van der Waals surface area contributed by atoms with Gasteiger partial charge in [-0.2, -0.15) is 0 Å². The van der Waals surface area contributed by atoms with Crippen molar-refractivity contribution in [1.29, 1.82) is 0 Å². The fraction of sp³-hybridized carbons (Fsp3) is 0.280. The van der Waals surface area contributed by atoms with Gasteiger partial charge in [-0.15, -0.1) is 0 Å². The molecule has 0 unspecified atom stereocenters. The predicted octanol–water partition coefficient (Wildman–Crippen LogP) is 3.67. The first-order valence-electron chi connectivity index (χ1n) is 11.2. The number of carbonyl (C=O) groups is 2. The van der Waals surface area contributed by atoms with Gasteiger partial charge in [-0.25, -0.2) is 14.8 Å². The summed E-state index contributed by atoms with van der Waals surface area (Å²) in [5.74, 6) is -1.09. The van der Waals surface area contributed by atoms with Gasteiger partial charge in [0.25, 0.3) is 5.91 Å². The monoisotopic (exact) mass is 460 g/mol. The molecule has 0 radical (unpaired) electrons. The summed E-state index contributed by atoms with van der Waals surface area (Å²) in [4.78, 5) is 31.9. The van der Waals surface area contributed by atoms with Gasteiger partial charge < -0.3 is 27.2 Å². The van der Waals surface area contributed by atoms with Crippen molar-refractivity contribution in [2.75, 3.05) is 10.6 Å². The lowest BCUT2D eigenvalue weighted by Gasteiger charge is -2.30. The SMILES string of the molecule is Cc1nc(Nc2cc(N[C@@H]3CCCC[C@@H]3N)cnc2C(N)=O)ccc1-c1ccc(C(=O)O)cc1. The maximum absolute atomic E-state index is 12.0. The van der Waals surface area contributed by atoms with Crippen molar-refractivity contribution in [3.63, 3.8) is 0 Å². The number of carboxylic acids is 1. The molecule has 4 rings (SSSR count). The lowest BCUT2D eigenvalue weighted by molar-refractivity contribution is 0.0696. The Kier molecular flexibility index (Phi) is 6.74. The summed E-state index contributed by atoms with van der Waals surface area (Å²) < 4.78 is 0. The number of nitrogens with one attached hydrogen (secondary N) is 2. The van der Waals surface area contributed by atoms with E-state index in [2.05, 4.69) is 20.6 Å². The van der Waals surface area contributed by atoms with E-state index in [0.717, 1.165) is 48.2 Å². The molecule has 1 aliphatic rings. The summed E-state index contributed by atoms with van der Waals surface area (Å²) in [6.45, 7) is 1.86. The van der Waals surface area contributed by atoms with Gasteiger partial charge in [0, 0.05) is 23.3 Å². The van der Waals surface area contributed by atoms with Gasteiger partial charge in [0.15, 0.2) is 5.69 Å². The maximum Gasteiger partial charge on any atom is 0.335 e. The number of nitrogens with zero attached hydrogens (tertiary/aromatic N) is 2. The van der Waals surface area contributed by atoms with Crippen LogP contribution in [-0.4, -0.2) is 39.0 Å². The molecule has 1 aromatic carbocycles. The van der Waals surface area contributed by atoms with Crippen molar-refractivity contribution >= 4 is 29.1 Å². The number of hydrogen-bond acceptors (Lipinski definition) is 7. The van der Waals surface area contributed by atoms with E-state index in [-0.39, 0.29) is 23.3 Å². The highest BCUT2D eigenvalue weighted by Crippen LogP contribution is 2.28. The van der Waals surface area contributed by atoms with Crippen LogP contribution < -0.4 is 22.1 Å². The number of hydrogen-bond donors (Lipinski definition) is 5. The second-order valence-corrected chi connectivity index (χ2v) is 8.52. The van der Waals surface area contributed by atoms with Gasteiger partial charge in [-0.3, -0.25) is 4.79 Å². The molecule has 1 saturated carbocycles. The largest absolute Gasteiger partial charge is 0.478 e. The van der Waals surface area contributed by atoms with E-state index in [1.165, 1.54) is 0 Å². The van der Waals surface area contributed by atoms with Crippen LogP contribution in [0.3, 0.4) is 0 Å². The number of pyridine rings is 2. The zero-order valence-electron chi connectivity index (χ0n) is 18.9. The van der Waals surface area contributed by atoms with Crippen LogP contribution in [-0.2, 0) is 0 Å². The molecule has 1 aliphatic carbocycles. The first-order valence-corrected chi connectivity index (χ1v) is 11.2. The summed E-state index contributed by atoms with van der Waals surface area (Å²) in [7, 11) is 0. The van der Waals surface area contributed by atoms with Gasteiger partial charge in [0.1, 0.15) is 5.82 Å². The Morgan fingerprint density at radius 2 is 1.82 bits per heavy atom. The number of nitrogens with two attached hydrogens (primary N) is 2. The third-order valence-electron chi connectivity index (χ3n) is 6.08. The molecule has 9 nitrogen and oxygen atoms in total. The predicted molar refractivity (Wildman–Crippen MR) is 131 cm³/mol. The Hall–Kier alpha value is -3.98. The topological polar surface area (TPSA) is 156 Å². The zero-order chi connectivity index (χ0) is 24.2. The van der Waals surface area contributed by atoms with Crippen LogP contribution in [0.25, 0.3) is 11.1 Å². The Balaban J connectivity index is 1.57.